The molecule has 2 aliphatic heterocycles. The first-order chi connectivity index (χ1) is 15.4. The zero-order valence-electron chi connectivity index (χ0n) is 18.4. The standard InChI is InChI=1S/C22H30N4O5S/c1-24-16-19(22(28)23-7-4-10-25-8-2-3-9-25)21(27)18-15-17(5-6-20(18)24)32(29,30)26-11-13-31-14-12-26/h5-6,15-16H,2-4,7-14H2,1H3,(H,23,28). The summed E-state index contributed by atoms with van der Waals surface area (Å²) in [5.41, 5.74) is 0.123. The molecule has 0 radical (unpaired) electrons. The zero-order valence-corrected chi connectivity index (χ0v) is 19.2. The van der Waals surface area contributed by atoms with Crippen LogP contribution >= 0.6 is 0 Å². The maximum Gasteiger partial charge on any atom is 0.256 e. The molecular formula is C22H30N4O5S. The van der Waals surface area contributed by atoms with E-state index in [0.717, 1.165) is 26.1 Å². The topological polar surface area (TPSA) is 101 Å². The first-order valence-electron chi connectivity index (χ1n) is 11.1. The third kappa shape index (κ3) is 4.73. The van der Waals surface area contributed by atoms with E-state index in [-0.39, 0.29) is 28.9 Å². The number of amides is 1. The van der Waals surface area contributed by atoms with E-state index in [1.807, 2.05) is 0 Å². The third-order valence-electron chi connectivity index (χ3n) is 6.15. The van der Waals surface area contributed by atoms with Crippen LogP contribution in [0.25, 0.3) is 10.9 Å². The molecule has 2 aliphatic rings. The fourth-order valence-electron chi connectivity index (χ4n) is 4.34. The zero-order chi connectivity index (χ0) is 22.7. The van der Waals surface area contributed by atoms with Gasteiger partial charge in [-0.2, -0.15) is 4.31 Å². The van der Waals surface area contributed by atoms with Gasteiger partial charge < -0.3 is 19.5 Å². The second-order valence-electron chi connectivity index (χ2n) is 8.34. The Balaban J connectivity index is 1.55. The van der Waals surface area contributed by atoms with E-state index in [0.29, 0.717) is 25.3 Å². The number of likely N-dealkylation sites (tertiary alicyclic amines) is 1. The summed E-state index contributed by atoms with van der Waals surface area (Å²) in [6.07, 6.45) is 4.78. The fourth-order valence-corrected chi connectivity index (χ4v) is 5.77. The number of ether oxygens (including phenoxy) is 1. The van der Waals surface area contributed by atoms with Crippen LogP contribution in [0.5, 0.6) is 0 Å². The van der Waals surface area contributed by atoms with Gasteiger partial charge in [-0.25, -0.2) is 8.42 Å². The Labute approximate surface area is 188 Å². The lowest BCUT2D eigenvalue weighted by Gasteiger charge is -2.26. The average molecular weight is 463 g/mol. The van der Waals surface area contributed by atoms with Gasteiger partial charge in [-0.15, -0.1) is 0 Å². The minimum Gasteiger partial charge on any atom is -0.379 e. The number of fused-ring (bicyclic) bond motifs is 1. The number of aromatic nitrogens is 1. The molecule has 2 fully saturated rings. The van der Waals surface area contributed by atoms with E-state index < -0.39 is 21.4 Å². The lowest BCUT2D eigenvalue weighted by atomic mass is 10.1. The molecule has 0 aliphatic carbocycles. The maximum absolute atomic E-state index is 13.1. The summed E-state index contributed by atoms with van der Waals surface area (Å²) in [4.78, 5) is 28.2. The number of nitrogens with one attached hydrogen (secondary N) is 1. The number of morpholine rings is 1. The summed E-state index contributed by atoms with van der Waals surface area (Å²) in [7, 11) is -2.00. The van der Waals surface area contributed by atoms with Gasteiger partial charge in [0.05, 0.1) is 23.6 Å². The van der Waals surface area contributed by atoms with Crippen molar-refractivity contribution in [2.24, 2.45) is 7.05 Å². The molecule has 0 atom stereocenters. The van der Waals surface area contributed by atoms with E-state index in [2.05, 4.69) is 10.2 Å². The van der Waals surface area contributed by atoms with E-state index in [1.165, 1.54) is 35.5 Å². The smallest absolute Gasteiger partial charge is 0.256 e. The summed E-state index contributed by atoms with van der Waals surface area (Å²) < 4.78 is 34.3. The second kappa shape index (κ2) is 9.70. The van der Waals surface area contributed by atoms with Crippen LogP contribution in [0, 0.1) is 0 Å². The van der Waals surface area contributed by atoms with Crippen molar-refractivity contribution >= 4 is 26.8 Å². The van der Waals surface area contributed by atoms with Crippen LogP contribution in [-0.4, -0.2) is 80.6 Å². The van der Waals surface area contributed by atoms with Crippen molar-refractivity contribution in [3.63, 3.8) is 0 Å². The number of hydrogen-bond acceptors (Lipinski definition) is 6. The molecule has 32 heavy (non-hydrogen) atoms. The van der Waals surface area contributed by atoms with Gasteiger partial charge in [-0.3, -0.25) is 9.59 Å². The van der Waals surface area contributed by atoms with Gasteiger partial charge in [0.25, 0.3) is 5.91 Å². The molecule has 0 spiro atoms. The minimum atomic E-state index is -3.74. The molecule has 1 N–H and O–H groups in total. The molecule has 174 valence electrons. The number of carbonyl (C=O) groups excluding carboxylic acids is 1. The number of carbonyl (C=O) groups is 1. The number of sulfonamides is 1. The number of pyridine rings is 1. The highest BCUT2D eigenvalue weighted by Gasteiger charge is 2.27. The molecule has 4 rings (SSSR count). The van der Waals surface area contributed by atoms with Crippen LogP contribution in [0.3, 0.4) is 0 Å². The van der Waals surface area contributed by atoms with Crippen molar-refractivity contribution in [2.75, 3.05) is 52.5 Å². The van der Waals surface area contributed by atoms with Gasteiger partial charge in [0.2, 0.25) is 15.5 Å². The molecule has 3 heterocycles. The molecule has 1 amide bonds. The summed E-state index contributed by atoms with van der Waals surface area (Å²) in [5, 5.41) is 3.05. The normalized spacial score (nSPS) is 18.3. The number of aryl methyl sites for hydroxylation is 1. The molecule has 1 aromatic carbocycles. The molecular weight excluding hydrogens is 432 g/mol. The van der Waals surface area contributed by atoms with E-state index in [9.17, 15) is 18.0 Å². The number of nitrogens with zero attached hydrogens (tertiary/aromatic N) is 3. The van der Waals surface area contributed by atoms with Gasteiger partial charge in [0, 0.05) is 38.3 Å². The van der Waals surface area contributed by atoms with Gasteiger partial charge in [-0.05, 0) is 57.1 Å². The monoisotopic (exact) mass is 462 g/mol. The van der Waals surface area contributed by atoms with Crippen LogP contribution in [-0.2, 0) is 21.8 Å². The van der Waals surface area contributed by atoms with Gasteiger partial charge >= 0.3 is 0 Å². The maximum atomic E-state index is 13.1. The molecule has 10 heteroatoms. The molecule has 1 aromatic heterocycles. The predicted molar refractivity (Wildman–Crippen MR) is 121 cm³/mol. The summed E-state index contributed by atoms with van der Waals surface area (Å²) in [6.45, 7) is 4.87. The van der Waals surface area contributed by atoms with Crippen LogP contribution in [0.2, 0.25) is 0 Å². The largest absolute Gasteiger partial charge is 0.379 e. The highest BCUT2D eigenvalue weighted by molar-refractivity contribution is 7.89. The van der Waals surface area contributed by atoms with Crippen molar-refractivity contribution in [3.05, 3.63) is 40.2 Å². The molecule has 9 nitrogen and oxygen atoms in total. The van der Waals surface area contributed by atoms with Crippen molar-refractivity contribution in [3.8, 4) is 0 Å². The molecule has 0 bridgehead atoms. The first-order valence-corrected chi connectivity index (χ1v) is 12.5. The Bertz CT molecular complexity index is 1150. The molecule has 2 aromatic rings. The first kappa shape index (κ1) is 22.9. The second-order valence-corrected chi connectivity index (χ2v) is 10.3. The number of rotatable bonds is 7. The Hall–Kier alpha value is -2.27. The lowest BCUT2D eigenvalue weighted by Crippen LogP contribution is -2.40. The third-order valence-corrected chi connectivity index (χ3v) is 8.04. The quantitative estimate of drug-likeness (QED) is 0.610. The lowest BCUT2D eigenvalue weighted by molar-refractivity contribution is 0.0730. The number of hydrogen-bond donors (Lipinski definition) is 1. The molecule has 0 saturated carbocycles. The SMILES string of the molecule is Cn1cc(C(=O)NCCCN2CCCC2)c(=O)c2cc(S(=O)(=O)N3CCOCC3)ccc21. The van der Waals surface area contributed by atoms with Gasteiger partial charge in [0.15, 0.2) is 0 Å². The summed E-state index contributed by atoms with van der Waals surface area (Å²) >= 11 is 0. The highest BCUT2D eigenvalue weighted by atomic mass is 32.2. The van der Waals surface area contributed by atoms with Crippen molar-refractivity contribution in [2.45, 2.75) is 24.2 Å². The van der Waals surface area contributed by atoms with Gasteiger partial charge in [0.1, 0.15) is 5.56 Å². The van der Waals surface area contributed by atoms with E-state index >= 15 is 0 Å². The fraction of sp³-hybridized carbons (Fsp3) is 0.545. The van der Waals surface area contributed by atoms with Crippen molar-refractivity contribution in [1.29, 1.82) is 0 Å². The van der Waals surface area contributed by atoms with Crippen LogP contribution in [0.15, 0.2) is 34.1 Å². The Morgan fingerprint density at radius 1 is 1.12 bits per heavy atom. The molecule has 0 unspecified atom stereocenters. The van der Waals surface area contributed by atoms with Gasteiger partial charge in [-0.1, -0.05) is 0 Å². The molecule has 2 saturated heterocycles. The Kier molecular flexibility index (Phi) is 6.94. The number of benzene rings is 1. The average Bonchev–Trinajstić information content (AvgIpc) is 3.33. The predicted octanol–water partition coefficient (Wildman–Crippen LogP) is 0.775. The minimum absolute atomic E-state index is 0.0158. The van der Waals surface area contributed by atoms with Crippen LogP contribution in [0.1, 0.15) is 29.6 Å². The summed E-state index contributed by atoms with van der Waals surface area (Å²) in [6, 6.07) is 4.50. The van der Waals surface area contributed by atoms with Crippen molar-refractivity contribution in [1.82, 2.24) is 19.1 Å². The Morgan fingerprint density at radius 2 is 1.84 bits per heavy atom. The van der Waals surface area contributed by atoms with E-state index in [1.54, 1.807) is 17.7 Å². The van der Waals surface area contributed by atoms with Crippen LogP contribution < -0.4 is 10.7 Å². The summed E-state index contributed by atoms with van der Waals surface area (Å²) in [5.74, 6) is -0.435. The van der Waals surface area contributed by atoms with Crippen LogP contribution in [0.4, 0.5) is 0 Å². The Morgan fingerprint density at radius 3 is 2.56 bits per heavy atom. The van der Waals surface area contributed by atoms with Crippen molar-refractivity contribution < 1.29 is 17.9 Å². The van der Waals surface area contributed by atoms with E-state index in [4.69, 9.17) is 4.74 Å². The highest BCUT2D eigenvalue weighted by Crippen LogP contribution is 2.21.